The topological polar surface area (TPSA) is 29.1 Å². The molecule has 1 heterocycles. The fourth-order valence-corrected chi connectivity index (χ4v) is 2.93. The van der Waals surface area contributed by atoms with Crippen molar-refractivity contribution in [3.8, 4) is 0 Å². The zero-order chi connectivity index (χ0) is 7.61. The van der Waals surface area contributed by atoms with Gasteiger partial charge in [-0.3, -0.25) is 0 Å². The molecule has 0 aromatic rings. The molecule has 0 spiro atoms. The third-order valence-corrected chi connectivity index (χ3v) is 4.46. The Bertz CT molecular complexity index is 146. The zero-order valence-electron chi connectivity index (χ0n) is 6.76. The second kappa shape index (κ2) is 3.06. The van der Waals surface area contributed by atoms with Crippen LogP contribution in [0.3, 0.4) is 0 Å². The quantitative estimate of drug-likeness (QED) is 0.588. The fraction of sp³-hybridized carbons (Fsp3) is 1.00. The summed E-state index contributed by atoms with van der Waals surface area (Å²) >= 11 is 0. The Labute approximate surface area is 62.8 Å². The molecule has 2 nitrogen and oxygen atoms in total. The SMILES string of the molecule is CP(C)(=O)C1CCNCC1. The molecular weight excluding hydrogens is 145 g/mol. The van der Waals surface area contributed by atoms with Crippen molar-refractivity contribution >= 4 is 7.14 Å². The van der Waals surface area contributed by atoms with Gasteiger partial charge < -0.3 is 9.88 Å². The van der Waals surface area contributed by atoms with Crippen LogP contribution in [0.25, 0.3) is 0 Å². The van der Waals surface area contributed by atoms with Gasteiger partial charge in [0.1, 0.15) is 0 Å². The van der Waals surface area contributed by atoms with E-state index in [4.69, 9.17) is 0 Å². The first kappa shape index (κ1) is 8.29. The first-order valence-electron chi connectivity index (χ1n) is 3.86. The molecule has 0 unspecified atom stereocenters. The van der Waals surface area contributed by atoms with Gasteiger partial charge in [-0.15, -0.1) is 0 Å². The maximum atomic E-state index is 11.5. The predicted octanol–water partition coefficient (Wildman–Crippen LogP) is 1.36. The van der Waals surface area contributed by atoms with Gasteiger partial charge in [0, 0.05) is 5.66 Å². The van der Waals surface area contributed by atoms with Gasteiger partial charge in [-0.1, -0.05) is 0 Å². The summed E-state index contributed by atoms with van der Waals surface area (Å²) in [6, 6.07) is 0. The van der Waals surface area contributed by atoms with Gasteiger partial charge in [-0.25, -0.2) is 0 Å². The molecule has 0 aromatic heterocycles. The molecule has 0 atom stereocenters. The summed E-state index contributed by atoms with van der Waals surface area (Å²) in [6.45, 7) is 5.92. The summed E-state index contributed by atoms with van der Waals surface area (Å²) in [6.07, 6.45) is 2.20. The normalized spacial score (nSPS) is 23.0. The lowest BCUT2D eigenvalue weighted by atomic mass is 10.2. The Morgan fingerprint density at radius 1 is 1.30 bits per heavy atom. The number of hydrogen-bond acceptors (Lipinski definition) is 2. The molecule has 1 saturated heterocycles. The first-order chi connectivity index (χ1) is 4.61. The number of nitrogens with one attached hydrogen (secondary N) is 1. The minimum atomic E-state index is -1.78. The Kier molecular flexibility index (Phi) is 2.54. The molecule has 1 rings (SSSR count). The Morgan fingerprint density at radius 2 is 1.80 bits per heavy atom. The maximum absolute atomic E-state index is 11.5. The van der Waals surface area contributed by atoms with Crippen LogP contribution in [-0.2, 0) is 4.57 Å². The highest BCUT2D eigenvalue weighted by Crippen LogP contribution is 2.46. The van der Waals surface area contributed by atoms with Crippen LogP contribution in [-0.4, -0.2) is 32.1 Å². The van der Waals surface area contributed by atoms with E-state index >= 15 is 0 Å². The molecule has 0 aromatic carbocycles. The van der Waals surface area contributed by atoms with Crippen LogP contribution in [0.2, 0.25) is 0 Å². The van der Waals surface area contributed by atoms with Crippen molar-refractivity contribution < 1.29 is 4.57 Å². The van der Waals surface area contributed by atoms with Crippen LogP contribution in [0.4, 0.5) is 0 Å². The molecule has 0 aliphatic carbocycles. The van der Waals surface area contributed by atoms with Gasteiger partial charge in [-0.2, -0.15) is 0 Å². The second-order valence-electron chi connectivity index (χ2n) is 3.42. The number of hydrogen-bond donors (Lipinski definition) is 1. The van der Waals surface area contributed by atoms with Crippen LogP contribution in [0.1, 0.15) is 12.8 Å². The Hall–Kier alpha value is 0.190. The molecule has 0 amide bonds. The second-order valence-corrected chi connectivity index (χ2v) is 7.01. The van der Waals surface area contributed by atoms with Gasteiger partial charge in [-0.05, 0) is 39.3 Å². The molecule has 1 N–H and O–H groups in total. The molecule has 0 bridgehead atoms. The molecule has 3 heteroatoms. The van der Waals surface area contributed by atoms with E-state index in [2.05, 4.69) is 5.32 Å². The van der Waals surface area contributed by atoms with Crippen LogP contribution in [0, 0.1) is 0 Å². The third kappa shape index (κ3) is 2.10. The van der Waals surface area contributed by atoms with Gasteiger partial charge >= 0.3 is 0 Å². The highest BCUT2D eigenvalue weighted by Gasteiger charge is 2.24. The summed E-state index contributed by atoms with van der Waals surface area (Å²) < 4.78 is 11.5. The maximum Gasteiger partial charge on any atom is 0.0849 e. The Morgan fingerprint density at radius 3 is 2.10 bits per heavy atom. The summed E-state index contributed by atoms with van der Waals surface area (Å²) in [5.41, 5.74) is 0.494. The van der Waals surface area contributed by atoms with E-state index in [0.717, 1.165) is 25.9 Å². The minimum Gasteiger partial charge on any atom is -0.324 e. The van der Waals surface area contributed by atoms with E-state index in [0.29, 0.717) is 5.66 Å². The highest BCUT2D eigenvalue weighted by molar-refractivity contribution is 7.63. The van der Waals surface area contributed by atoms with Crippen molar-refractivity contribution in [1.29, 1.82) is 0 Å². The zero-order valence-corrected chi connectivity index (χ0v) is 7.66. The van der Waals surface area contributed by atoms with Crippen molar-refractivity contribution in [2.45, 2.75) is 18.5 Å². The van der Waals surface area contributed by atoms with Crippen molar-refractivity contribution in [3.63, 3.8) is 0 Å². The Balaban J connectivity index is 2.47. The summed E-state index contributed by atoms with van der Waals surface area (Å²) in [5.74, 6) is 0. The van der Waals surface area contributed by atoms with E-state index in [1.54, 1.807) is 0 Å². The van der Waals surface area contributed by atoms with Gasteiger partial charge in [0.2, 0.25) is 0 Å². The van der Waals surface area contributed by atoms with Crippen LogP contribution in [0.15, 0.2) is 0 Å². The lowest BCUT2D eigenvalue weighted by molar-refractivity contribution is 0.499. The van der Waals surface area contributed by atoms with Crippen molar-refractivity contribution in [3.05, 3.63) is 0 Å². The average molecular weight is 161 g/mol. The van der Waals surface area contributed by atoms with E-state index < -0.39 is 7.14 Å². The molecule has 0 saturated carbocycles. The standard InChI is InChI=1S/C7H16NOP/c1-10(2,9)7-3-5-8-6-4-7/h7-8H,3-6H2,1-2H3. The monoisotopic (exact) mass is 161 g/mol. The van der Waals surface area contributed by atoms with E-state index in [-0.39, 0.29) is 0 Å². The number of rotatable bonds is 1. The summed E-state index contributed by atoms with van der Waals surface area (Å²) in [4.78, 5) is 0. The highest BCUT2D eigenvalue weighted by atomic mass is 31.2. The molecule has 10 heavy (non-hydrogen) atoms. The van der Waals surface area contributed by atoms with Crippen molar-refractivity contribution in [2.75, 3.05) is 26.4 Å². The van der Waals surface area contributed by atoms with E-state index in [1.165, 1.54) is 0 Å². The van der Waals surface area contributed by atoms with Crippen molar-refractivity contribution in [1.82, 2.24) is 5.32 Å². The lowest BCUT2D eigenvalue weighted by Crippen LogP contribution is -2.30. The molecule has 60 valence electrons. The van der Waals surface area contributed by atoms with E-state index in [1.807, 2.05) is 13.3 Å². The van der Waals surface area contributed by atoms with Crippen molar-refractivity contribution in [2.24, 2.45) is 0 Å². The van der Waals surface area contributed by atoms with Crippen LogP contribution < -0.4 is 5.32 Å². The third-order valence-electron chi connectivity index (χ3n) is 2.19. The van der Waals surface area contributed by atoms with E-state index in [9.17, 15) is 4.57 Å². The van der Waals surface area contributed by atoms with Crippen LogP contribution in [0.5, 0.6) is 0 Å². The molecule has 1 aliphatic heterocycles. The lowest BCUT2D eigenvalue weighted by Gasteiger charge is -2.25. The minimum absolute atomic E-state index is 0.494. The van der Waals surface area contributed by atoms with Gasteiger partial charge in [0.05, 0.1) is 7.14 Å². The molecule has 1 aliphatic rings. The summed E-state index contributed by atoms with van der Waals surface area (Å²) in [5, 5.41) is 3.27. The van der Waals surface area contributed by atoms with Crippen LogP contribution >= 0.6 is 7.14 Å². The molecular formula is C7H16NOP. The first-order valence-corrected chi connectivity index (χ1v) is 6.53. The average Bonchev–Trinajstić information content (AvgIpc) is 1.88. The largest absolute Gasteiger partial charge is 0.324 e. The van der Waals surface area contributed by atoms with Gasteiger partial charge in [0.15, 0.2) is 0 Å². The van der Waals surface area contributed by atoms with Gasteiger partial charge in [0.25, 0.3) is 0 Å². The summed E-state index contributed by atoms with van der Waals surface area (Å²) in [7, 11) is -1.78. The number of piperidine rings is 1. The molecule has 1 fully saturated rings. The smallest absolute Gasteiger partial charge is 0.0849 e. The molecule has 0 radical (unpaired) electrons. The fourth-order valence-electron chi connectivity index (χ4n) is 1.43. The predicted molar refractivity (Wildman–Crippen MR) is 45.3 cm³/mol.